The molecule has 0 N–H and O–H groups in total. The molecule has 1 rings (SSSR count). The number of esters is 1. The molecule has 0 bridgehead atoms. The predicted octanol–water partition coefficient (Wildman–Crippen LogP) is 3.70. The highest BCUT2D eigenvalue weighted by molar-refractivity contribution is 9.09. The van der Waals surface area contributed by atoms with E-state index in [4.69, 9.17) is 4.74 Å². The van der Waals surface area contributed by atoms with Crippen molar-refractivity contribution in [3.63, 3.8) is 0 Å². The first-order valence-electron chi connectivity index (χ1n) is 4.84. The summed E-state index contributed by atoms with van der Waals surface area (Å²) in [6, 6.07) is 4.37. The predicted molar refractivity (Wildman–Crippen MR) is 59.7 cm³/mol. The molecule has 0 aliphatic carbocycles. The lowest BCUT2D eigenvalue weighted by Crippen LogP contribution is -2.11. The van der Waals surface area contributed by atoms with E-state index in [1.54, 1.807) is 6.92 Å². The zero-order valence-corrected chi connectivity index (χ0v) is 10.5. The molecule has 1 aromatic rings. The summed E-state index contributed by atoms with van der Waals surface area (Å²) in [5.41, 5.74) is -0.318. The molecule has 0 radical (unpaired) electrons. The molecule has 17 heavy (non-hydrogen) atoms. The van der Waals surface area contributed by atoms with E-state index in [1.807, 2.05) is 0 Å². The molecule has 0 saturated carbocycles. The lowest BCUT2D eigenvalue weighted by molar-refractivity contribution is -0.142. The fourth-order valence-corrected chi connectivity index (χ4v) is 1.63. The van der Waals surface area contributed by atoms with Crippen LogP contribution in [0.4, 0.5) is 13.2 Å². The van der Waals surface area contributed by atoms with Crippen LogP contribution >= 0.6 is 15.9 Å². The van der Waals surface area contributed by atoms with Crippen LogP contribution in [-0.4, -0.2) is 12.6 Å². The largest absolute Gasteiger partial charge is 0.465 e. The van der Waals surface area contributed by atoms with Crippen LogP contribution in [0.3, 0.4) is 0 Å². The van der Waals surface area contributed by atoms with E-state index in [-0.39, 0.29) is 6.61 Å². The smallest absolute Gasteiger partial charge is 0.416 e. The molecule has 1 aromatic carbocycles. The Morgan fingerprint density at radius 1 is 1.35 bits per heavy atom. The first-order chi connectivity index (χ1) is 7.86. The normalized spacial score (nSPS) is 13.2. The van der Waals surface area contributed by atoms with Crippen molar-refractivity contribution in [1.29, 1.82) is 0 Å². The molecule has 94 valence electrons. The van der Waals surface area contributed by atoms with E-state index < -0.39 is 22.5 Å². The van der Waals surface area contributed by atoms with Gasteiger partial charge in [-0.05, 0) is 24.6 Å². The van der Waals surface area contributed by atoms with E-state index in [9.17, 15) is 18.0 Å². The quantitative estimate of drug-likeness (QED) is 0.628. The van der Waals surface area contributed by atoms with Crippen LogP contribution in [0.2, 0.25) is 0 Å². The third kappa shape index (κ3) is 3.73. The summed E-state index contributed by atoms with van der Waals surface area (Å²) in [5.74, 6) is -0.521. The van der Waals surface area contributed by atoms with Crippen molar-refractivity contribution in [2.45, 2.75) is 17.9 Å². The molecule has 0 amide bonds. The van der Waals surface area contributed by atoms with Crippen molar-refractivity contribution < 1.29 is 22.7 Å². The molecule has 6 heteroatoms. The fourth-order valence-electron chi connectivity index (χ4n) is 1.19. The highest BCUT2D eigenvalue weighted by Gasteiger charge is 2.30. The van der Waals surface area contributed by atoms with E-state index >= 15 is 0 Å². The number of rotatable bonds is 3. The van der Waals surface area contributed by atoms with Gasteiger partial charge < -0.3 is 4.74 Å². The third-order valence-corrected chi connectivity index (χ3v) is 2.93. The van der Waals surface area contributed by atoms with E-state index in [0.29, 0.717) is 5.56 Å². The standard InChI is InChI=1S/C11H10BrF3O2/c1-2-17-10(16)9(12)7-3-5-8(6-4-7)11(13,14)15/h3-6,9H,2H2,1H3/t9-/m0/s1. The van der Waals surface area contributed by atoms with Gasteiger partial charge in [-0.1, -0.05) is 28.1 Å². The highest BCUT2D eigenvalue weighted by atomic mass is 79.9. The Labute approximate surface area is 105 Å². The summed E-state index contributed by atoms with van der Waals surface area (Å²) < 4.78 is 41.6. The second-order valence-corrected chi connectivity index (χ2v) is 4.15. The average Bonchev–Trinajstić information content (AvgIpc) is 2.27. The molecule has 0 spiro atoms. The molecule has 0 fully saturated rings. The van der Waals surface area contributed by atoms with Crippen molar-refractivity contribution in [2.24, 2.45) is 0 Å². The lowest BCUT2D eigenvalue weighted by atomic mass is 10.1. The van der Waals surface area contributed by atoms with Crippen LogP contribution in [0.15, 0.2) is 24.3 Å². The van der Waals surface area contributed by atoms with Crippen LogP contribution in [0.5, 0.6) is 0 Å². The summed E-state index contributed by atoms with van der Waals surface area (Å²) in [6.07, 6.45) is -4.37. The molecule has 2 nitrogen and oxygen atoms in total. The third-order valence-electron chi connectivity index (χ3n) is 2.02. The number of alkyl halides is 4. The van der Waals surface area contributed by atoms with E-state index in [0.717, 1.165) is 12.1 Å². The highest BCUT2D eigenvalue weighted by Crippen LogP contribution is 2.31. The van der Waals surface area contributed by atoms with Crippen LogP contribution in [0, 0.1) is 0 Å². The molecule has 1 atom stereocenters. The second kappa shape index (κ2) is 5.53. The first-order valence-corrected chi connectivity index (χ1v) is 5.75. The molecule has 0 aliphatic rings. The second-order valence-electron chi connectivity index (χ2n) is 3.23. The number of carbonyl (C=O) groups excluding carboxylic acids is 1. The van der Waals surface area contributed by atoms with Gasteiger partial charge in [-0.3, -0.25) is 4.79 Å². The zero-order chi connectivity index (χ0) is 13.1. The van der Waals surface area contributed by atoms with Gasteiger partial charge in [-0.15, -0.1) is 0 Å². The number of carbonyl (C=O) groups is 1. The van der Waals surface area contributed by atoms with Gasteiger partial charge in [-0.2, -0.15) is 13.2 Å². The van der Waals surface area contributed by atoms with Gasteiger partial charge in [0.1, 0.15) is 4.83 Å². The Balaban J connectivity index is 2.84. The van der Waals surface area contributed by atoms with Crippen LogP contribution in [0.25, 0.3) is 0 Å². The van der Waals surface area contributed by atoms with Crippen LogP contribution in [0.1, 0.15) is 22.9 Å². The minimum atomic E-state index is -4.37. The monoisotopic (exact) mass is 310 g/mol. The van der Waals surface area contributed by atoms with Gasteiger partial charge in [-0.25, -0.2) is 0 Å². The molecule has 0 saturated heterocycles. The topological polar surface area (TPSA) is 26.3 Å². The Morgan fingerprint density at radius 2 is 1.88 bits per heavy atom. The van der Waals surface area contributed by atoms with Crippen molar-refractivity contribution >= 4 is 21.9 Å². The van der Waals surface area contributed by atoms with Crippen molar-refractivity contribution in [2.75, 3.05) is 6.61 Å². The minimum Gasteiger partial charge on any atom is -0.465 e. The van der Waals surface area contributed by atoms with Gasteiger partial charge in [0.05, 0.1) is 12.2 Å². The van der Waals surface area contributed by atoms with Crippen molar-refractivity contribution in [3.05, 3.63) is 35.4 Å². The number of hydrogen-bond acceptors (Lipinski definition) is 2. The maximum atomic E-state index is 12.3. The average molecular weight is 311 g/mol. The Kier molecular flexibility index (Phi) is 4.56. The maximum Gasteiger partial charge on any atom is 0.416 e. The molecular formula is C11H10BrF3O2. The van der Waals surface area contributed by atoms with Gasteiger partial charge in [0.15, 0.2) is 0 Å². The Bertz CT molecular complexity index is 387. The first kappa shape index (κ1) is 14.0. The Hall–Kier alpha value is -1.04. The molecular weight excluding hydrogens is 301 g/mol. The van der Waals surface area contributed by atoms with E-state index in [1.165, 1.54) is 12.1 Å². The van der Waals surface area contributed by atoms with Gasteiger partial charge in [0.2, 0.25) is 0 Å². The molecule has 0 unspecified atom stereocenters. The van der Waals surface area contributed by atoms with E-state index in [2.05, 4.69) is 15.9 Å². The summed E-state index contributed by atoms with van der Waals surface area (Å²) in [4.78, 5) is 10.6. The Morgan fingerprint density at radius 3 is 2.29 bits per heavy atom. The summed E-state index contributed by atoms with van der Waals surface area (Å²) in [7, 11) is 0. The van der Waals surface area contributed by atoms with Crippen LogP contribution < -0.4 is 0 Å². The van der Waals surface area contributed by atoms with Crippen molar-refractivity contribution in [1.82, 2.24) is 0 Å². The number of hydrogen-bond donors (Lipinski definition) is 0. The number of ether oxygens (including phenoxy) is 1. The van der Waals surface area contributed by atoms with Crippen LogP contribution in [-0.2, 0) is 15.7 Å². The molecule has 0 aliphatic heterocycles. The lowest BCUT2D eigenvalue weighted by Gasteiger charge is -2.11. The summed E-state index contributed by atoms with van der Waals surface area (Å²) >= 11 is 3.07. The summed E-state index contributed by atoms with van der Waals surface area (Å²) in [6.45, 7) is 1.88. The van der Waals surface area contributed by atoms with Gasteiger partial charge in [0, 0.05) is 0 Å². The van der Waals surface area contributed by atoms with Gasteiger partial charge in [0.25, 0.3) is 0 Å². The zero-order valence-electron chi connectivity index (χ0n) is 8.92. The number of halogens is 4. The molecule has 0 heterocycles. The van der Waals surface area contributed by atoms with Gasteiger partial charge >= 0.3 is 12.1 Å². The molecule has 0 aromatic heterocycles. The SMILES string of the molecule is CCOC(=O)[C@@H](Br)c1ccc(C(F)(F)F)cc1. The minimum absolute atomic E-state index is 0.224. The fraction of sp³-hybridized carbons (Fsp3) is 0.364. The summed E-state index contributed by atoms with van der Waals surface area (Å²) in [5, 5.41) is 0. The van der Waals surface area contributed by atoms with Crippen molar-refractivity contribution in [3.8, 4) is 0 Å². The maximum absolute atomic E-state index is 12.3. The number of benzene rings is 1.